The van der Waals surface area contributed by atoms with Crippen molar-refractivity contribution >= 4 is 5.91 Å². The van der Waals surface area contributed by atoms with Gasteiger partial charge in [-0.1, -0.05) is 0 Å². The van der Waals surface area contributed by atoms with Gasteiger partial charge in [0.1, 0.15) is 0 Å². The van der Waals surface area contributed by atoms with Gasteiger partial charge in [0.25, 0.3) is 0 Å². The molecule has 1 amide bonds. The number of amides is 1. The number of carbonyl (C=O) groups excluding carboxylic acids is 1. The highest BCUT2D eigenvalue weighted by Crippen LogP contribution is 2.24. The van der Waals surface area contributed by atoms with Crippen LogP contribution in [0, 0.1) is 17.2 Å². The zero-order chi connectivity index (χ0) is 10.4. The fourth-order valence-corrected chi connectivity index (χ4v) is 1.80. The molecule has 1 fully saturated rings. The second-order valence-corrected chi connectivity index (χ2v) is 3.69. The molecule has 0 saturated heterocycles. The molecule has 14 heavy (non-hydrogen) atoms. The van der Waals surface area contributed by atoms with Gasteiger partial charge in [-0.25, -0.2) is 0 Å². The van der Waals surface area contributed by atoms with Crippen LogP contribution < -0.4 is 10.6 Å². The third-order valence-electron chi connectivity index (χ3n) is 2.63. The number of carbonyl (C=O) groups is 1. The van der Waals surface area contributed by atoms with Crippen LogP contribution in [0.1, 0.15) is 25.7 Å². The average molecular weight is 195 g/mol. The lowest BCUT2D eigenvalue weighted by Crippen LogP contribution is -2.37. The Labute approximate surface area is 84.7 Å². The molecule has 2 atom stereocenters. The van der Waals surface area contributed by atoms with Gasteiger partial charge in [0.2, 0.25) is 5.91 Å². The van der Waals surface area contributed by atoms with Gasteiger partial charge in [0.15, 0.2) is 0 Å². The lowest BCUT2D eigenvalue weighted by molar-refractivity contribution is -0.121. The molecule has 2 N–H and O–H groups in total. The Balaban J connectivity index is 2.29. The summed E-state index contributed by atoms with van der Waals surface area (Å²) in [5.41, 5.74) is 0. The molecule has 78 valence electrons. The third-order valence-corrected chi connectivity index (χ3v) is 2.63. The van der Waals surface area contributed by atoms with E-state index in [9.17, 15) is 4.79 Å². The van der Waals surface area contributed by atoms with Crippen LogP contribution in [0.4, 0.5) is 0 Å². The van der Waals surface area contributed by atoms with Crippen molar-refractivity contribution < 1.29 is 4.79 Å². The molecule has 2 unspecified atom stereocenters. The summed E-state index contributed by atoms with van der Waals surface area (Å²) in [6, 6.07) is 2.33. The Morgan fingerprint density at radius 1 is 1.57 bits per heavy atom. The van der Waals surface area contributed by atoms with E-state index in [-0.39, 0.29) is 17.9 Å². The molecule has 4 nitrogen and oxygen atoms in total. The van der Waals surface area contributed by atoms with Crippen molar-refractivity contribution in [3.8, 4) is 6.07 Å². The summed E-state index contributed by atoms with van der Waals surface area (Å²) >= 11 is 0. The first-order chi connectivity index (χ1) is 6.77. The Morgan fingerprint density at radius 2 is 2.36 bits per heavy atom. The number of nitrogens with zero attached hydrogens (tertiary/aromatic N) is 1. The summed E-state index contributed by atoms with van der Waals surface area (Å²) in [6.07, 6.45) is 3.41. The van der Waals surface area contributed by atoms with Gasteiger partial charge in [-0.3, -0.25) is 4.79 Å². The quantitative estimate of drug-likeness (QED) is 0.682. The maximum absolute atomic E-state index is 11.4. The summed E-state index contributed by atoms with van der Waals surface area (Å²) in [5.74, 6) is 0.0695. The van der Waals surface area contributed by atoms with E-state index in [4.69, 9.17) is 5.26 Å². The smallest absolute Gasteiger partial charge is 0.221 e. The summed E-state index contributed by atoms with van der Waals surface area (Å²) in [5, 5.41) is 14.6. The normalized spacial score (nSPS) is 25.7. The largest absolute Gasteiger partial charge is 0.352 e. The van der Waals surface area contributed by atoms with E-state index in [1.165, 1.54) is 0 Å². The topological polar surface area (TPSA) is 64.9 Å². The van der Waals surface area contributed by atoms with Crippen LogP contribution in [-0.2, 0) is 4.79 Å². The van der Waals surface area contributed by atoms with E-state index >= 15 is 0 Å². The van der Waals surface area contributed by atoms with Crippen LogP contribution >= 0.6 is 0 Å². The van der Waals surface area contributed by atoms with Gasteiger partial charge in [0, 0.05) is 19.0 Å². The first-order valence-electron chi connectivity index (χ1n) is 5.11. The molecule has 1 aliphatic carbocycles. The number of rotatable bonds is 4. The zero-order valence-corrected chi connectivity index (χ0v) is 8.55. The molecule has 0 heterocycles. The number of hydrogen-bond donors (Lipinski definition) is 2. The maximum atomic E-state index is 11.4. The monoisotopic (exact) mass is 195 g/mol. The molecule has 4 heteroatoms. The van der Waals surface area contributed by atoms with E-state index in [0.29, 0.717) is 13.0 Å². The van der Waals surface area contributed by atoms with Crippen molar-refractivity contribution in [1.82, 2.24) is 10.6 Å². The van der Waals surface area contributed by atoms with Crippen LogP contribution in [0.25, 0.3) is 0 Å². The van der Waals surface area contributed by atoms with E-state index in [0.717, 1.165) is 19.3 Å². The van der Waals surface area contributed by atoms with Crippen LogP contribution in [0.5, 0.6) is 0 Å². The lowest BCUT2D eigenvalue weighted by Gasteiger charge is -2.15. The van der Waals surface area contributed by atoms with Gasteiger partial charge in [-0.15, -0.1) is 0 Å². The predicted molar refractivity (Wildman–Crippen MR) is 53.4 cm³/mol. The first kappa shape index (κ1) is 11.0. The van der Waals surface area contributed by atoms with Crippen LogP contribution in [0.15, 0.2) is 0 Å². The SMILES string of the molecule is CNCCC(=O)NC1CCCC1C#N. The fourth-order valence-electron chi connectivity index (χ4n) is 1.80. The van der Waals surface area contributed by atoms with Crippen LogP contribution in [-0.4, -0.2) is 25.5 Å². The van der Waals surface area contributed by atoms with Crippen molar-refractivity contribution in [2.45, 2.75) is 31.7 Å². The average Bonchev–Trinajstić information content (AvgIpc) is 2.62. The van der Waals surface area contributed by atoms with Crippen molar-refractivity contribution in [2.24, 2.45) is 5.92 Å². The second kappa shape index (κ2) is 5.61. The van der Waals surface area contributed by atoms with E-state index < -0.39 is 0 Å². The second-order valence-electron chi connectivity index (χ2n) is 3.69. The number of nitrogens with one attached hydrogen (secondary N) is 2. The van der Waals surface area contributed by atoms with Gasteiger partial charge in [0.05, 0.1) is 12.0 Å². The molecule has 1 rings (SSSR count). The maximum Gasteiger partial charge on any atom is 0.221 e. The van der Waals surface area contributed by atoms with Crippen molar-refractivity contribution in [3.05, 3.63) is 0 Å². The fraction of sp³-hybridized carbons (Fsp3) is 0.800. The van der Waals surface area contributed by atoms with Crippen LogP contribution in [0.2, 0.25) is 0 Å². The minimum atomic E-state index is 0.0218. The molecular weight excluding hydrogens is 178 g/mol. The van der Waals surface area contributed by atoms with Crippen molar-refractivity contribution in [3.63, 3.8) is 0 Å². The van der Waals surface area contributed by atoms with Gasteiger partial charge >= 0.3 is 0 Å². The molecule has 1 aliphatic rings. The minimum absolute atomic E-state index is 0.0218. The Kier molecular flexibility index (Phi) is 4.41. The third kappa shape index (κ3) is 3.00. The molecule has 0 radical (unpaired) electrons. The summed E-state index contributed by atoms with van der Waals surface area (Å²) in [4.78, 5) is 11.4. The highest BCUT2D eigenvalue weighted by molar-refractivity contribution is 5.76. The molecule has 0 spiro atoms. The summed E-state index contributed by atoms with van der Waals surface area (Å²) < 4.78 is 0. The highest BCUT2D eigenvalue weighted by atomic mass is 16.1. The van der Waals surface area contributed by atoms with Crippen molar-refractivity contribution in [1.29, 1.82) is 5.26 Å². The lowest BCUT2D eigenvalue weighted by atomic mass is 10.1. The Hall–Kier alpha value is -1.08. The predicted octanol–water partition coefficient (Wildman–Crippen LogP) is 0.404. The van der Waals surface area contributed by atoms with E-state index in [1.54, 1.807) is 0 Å². The van der Waals surface area contributed by atoms with Gasteiger partial charge in [-0.05, 0) is 26.3 Å². The van der Waals surface area contributed by atoms with Crippen LogP contribution in [0.3, 0.4) is 0 Å². The number of nitriles is 1. The molecule has 0 bridgehead atoms. The number of hydrogen-bond acceptors (Lipinski definition) is 3. The van der Waals surface area contributed by atoms with Gasteiger partial charge in [-0.2, -0.15) is 5.26 Å². The summed E-state index contributed by atoms with van der Waals surface area (Å²) in [7, 11) is 1.82. The minimum Gasteiger partial charge on any atom is -0.352 e. The molecule has 1 saturated carbocycles. The summed E-state index contributed by atoms with van der Waals surface area (Å²) in [6.45, 7) is 0.690. The molecule has 0 aromatic heterocycles. The van der Waals surface area contributed by atoms with Gasteiger partial charge < -0.3 is 10.6 Å². The van der Waals surface area contributed by atoms with E-state index in [2.05, 4.69) is 16.7 Å². The Bertz CT molecular complexity index is 234. The highest BCUT2D eigenvalue weighted by Gasteiger charge is 2.27. The van der Waals surface area contributed by atoms with E-state index in [1.807, 2.05) is 7.05 Å². The zero-order valence-electron chi connectivity index (χ0n) is 8.55. The first-order valence-corrected chi connectivity index (χ1v) is 5.11. The molecule has 0 aliphatic heterocycles. The Morgan fingerprint density at radius 3 is 3.00 bits per heavy atom. The molecular formula is C10H17N3O. The van der Waals surface area contributed by atoms with Crippen molar-refractivity contribution in [2.75, 3.05) is 13.6 Å². The molecule has 0 aromatic rings. The standard InChI is InChI=1S/C10H17N3O/c1-12-6-5-10(14)13-9-4-2-3-8(9)7-11/h8-9,12H,2-6H2,1H3,(H,13,14). The molecule has 0 aromatic carbocycles.